The SMILES string of the molecule is C1COCCN1.CC1(C)CC(CNc2ccc(Cl)c(-c3cc(NC=O)ncc3Cl)c2)CCO1. The zero-order valence-corrected chi connectivity index (χ0v) is 20.6. The Hall–Kier alpha value is -1.90. The summed E-state index contributed by atoms with van der Waals surface area (Å²) in [7, 11) is 0. The molecule has 0 saturated carbocycles. The summed E-state index contributed by atoms with van der Waals surface area (Å²) in [6, 6.07) is 7.48. The van der Waals surface area contributed by atoms with Gasteiger partial charge in [0.05, 0.1) is 23.8 Å². The topological polar surface area (TPSA) is 84.5 Å². The molecular formula is C24H32Cl2N4O3. The Morgan fingerprint density at radius 2 is 1.91 bits per heavy atom. The van der Waals surface area contributed by atoms with Crippen LogP contribution in [0.2, 0.25) is 10.0 Å². The van der Waals surface area contributed by atoms with Crippen molar-refractivity contribution in [1.29, 1.82) is 0 Å². The molecule has 1 aromatic carbocycles. The highest BCUT2D eigenvalue weighted by molar-refractivity contribution is 6.36. The second-order valence-electron chi connectivity index (χ2n) is 8.72. The van der Waals surface area contributed by atoms with Crippen molar-refractivity contribution in [2.75, 3.05) is 50.1 Å². The third-order valence-corrected chi connectivity index (χ3v) is 6.19. The van der Waals surface area contributed by atoms with Crippen LogP contribution < -0.4 is 16.0 Å². The number of amides is 1. The van der Waals surface area contributed by atoms with Gasteiger partial charge in [-0.3, -0.25) is 4.79 Å². The van der Waals surface area contributed by atoms with Gasteiger partial charge in [0.25, 0.3) is 0 Å². The highest BCUT2D eigenvalue weighted by Gasteiger charge is 2.28. The lowest BCUT2D eigenvalue weighted by atomic mass is 9.88. The summed E-state index contributed by atoms with van der Waals surface area (Å²) in [6.07, 6.45) is 4.16. The summed E-state index contributed by atoms with van der Waals surface area (Å²) in [5.41, 5.74) is 2.41. The number of anilines is 2. The maximum absolute atomic E-state index is 10.7. The molecule has 2 fully saturated rings. The Morgan fingerprint density at radius 3 is 2.55 bits per heavy atom. The van der Waals surface area contributed by atoms with Gasteiger partial charge in [-0.05, 0) is 56.9 Å². The van der Waals surface area contributed by atoms with Gasteiger partial charge in [0.2, 0.25) is 6.41 Å². The molecular weight excluding hydrogens is 463 g/mol. The Kier molecular flexibility index (Phi) is 9.77. The molecule has 7 nitrogen and oxygen atoms in total. The second-order valence-corrected chi connectivity index (χ2v) is 9.53. The fourth-order valence-electron chi connectivity index (χ4n) is 3.94. The summed E-state index contributed by atoms with van der Waals surface area (Å²) in [5, 5.41) is 10.2. The maximum atomic E-state index is 10.7. The van der Waals surface area contributed by atoms with Crippen LogP contribution in [0.25, 0.3) is 11.1 Å². The van der Waals surface area contributed by atoms with Crippen molar-refractivity contribution in [1.82, 2.24) is 10.3 Å². The molecule has 4 rings (SSSR count). The highest BCUT2D eigenvalue weighted by Crippen LogP contribution is 2.36. The molecule has 0 radical (unpaired) electrons. The third kappa shape index (κ3) is 8.12. The van der Waals surface area contributed by atoms with E-state index < -0.39 is 0 Å². The van der Waals surface area contributed by atoms with E-state index in [1.165, 1.54) is 6.20 Å². The van der Waals surface area contributed by atoms with Gasteiger partial charge in [0, 0.05) is 54.3 Å². The van der Waals surface area contributed by atoms with Gasteiger partial charge < -0.3 is 25.4 Å². The summed E-state index contributed by atoms with van der Waals surface area (Å²) in [6.45, 7) is 9.77. The predicted molar refractivity (Wildman–Crippen MR) is 134 cm³/mol. The van der Waals surface area contributed by atoms with Crippen LogP contribution in [-0.4, -0.2) is 56.5 Å². The van der Waals surface area contributed by atoms with E-state index >= 15 is 0 Å². The van der Waals surface area contributed by atoms with Crippen LogP contribution in [0.1, 0.15) is 26.7 Å². The number of ether oxygens (including phenoxy) is 2. The van der Waals surface area contributed by atoms with Gasteiger partial charge in [-0.15, -0.1) is 0 Å². The monoisotopic (exact) mass is 494 g/mol. The number of pyridine rings is 1. The quantitative estimate of drug-likeness (QED) is 0.497. The van der Waals surface area contributed by atoms with Gasteiger partial charge in [-0.2, -0.15) is 0 Å². The summed E-state index contributed by atoms with van der Waals surface area (Å²) >= 11 is 12.7. The molecule has 9 heteroatoms. The van der Waals surface area contributed by atoms with Crippen molar-refractivity contribution >= 4 is 41.1 Å². The first-order chi connectivity index (χ1) is 15.9. The summed E-state index contributed by atoms with van der Waals surface area (Å²) < 4.78 is 10.8. The molecule has 0 aliphatic carbocycles. The Labute approximate surface area is 205 Å². The number of hydrogen-bond donors (Lipinski definition) is 3. The Bertz CT molecular complexity index is 911. The molecule has 3 heterocycles. The van der Waals surface area contributed by atoms with Crippen LogP contribution in [0.5, 0.6) is 0 Å². The largest absolute Gasteiger partial charge is 0.385 e. The van der Waals surface area contributed by atoms with Crippen molar-refractivity contribution in [3.63, 3.8) is 0 Å². The van der Waals surface area contributed by atoms with E-state index in [9.17, 15) is 4.79 Å². The number of nitrogens with one attached hydrogen (secondary N) is 3. The number of carbonyl (C=O) groups is 1. The number of benzene rings is 1. The standard InChI is InChI=1S/C20H23Cl2N3O2.C4H9NO/c1-20(2)9-13(5-6-27-20)10-23-14-3-4-17(21)15(7-14)16-8-19(25-12-26)24-11-18(16)22;1-3-6-4-2-5-1/h3-4,7-8,11-13,23H,5-6,9-10H2,1-2H3,(H,24,25,26);5H,1-4H2. The highest BCUT2D eigenvalue weighted by atomic mass is 35.5. The molecule has 2 aliphatic heterocycles. The van der Waals surface area contributed by atoms with Crippen LogP contribution in [0.15, 0.2) is 30.5 Å². The van der Waals surface area contributed by atoms with E-state index in [4.69, 9.17) is 32.7 Å². The molecule has 1 amide bonds. The van der Waals surface area contributed by atoms with E-state index in [-0.39, 0.29) is 5.60 Å². The first-order valence-electron chi connectivity index (χ1n) is 11.2. The number of carbonyl (C=O) groups excluding carboxylic acids is 1. The third-order valence-electron chi connectivity index (χ3n) is 5.56. The average molecular weight is 495 g/mol. The van der Waals surface area contributed by atoms with Crippen LogP contribution in [0, 0.1) is 5.92 Å². The minimum absolute atomic E-state index is 0.0672. The molecule has 1 unspecified atom stereocenters. The van der Waals surface area contributed by atoms with Crippen LogP contribution >= 0.6 is 23.2 Å². The van der Waals surface area contributed by atoms with Gasteiger partial charge in [0.1, 0.15) is 5.82 Å². The number of aromatic nitrogens is 1. The van der Waals surface area contributed by atoms with E-state index in [0.29, 0.717) is 28.2 Å². The molecule has 1 aromatic heterocycles. The smallest absolute Gasteiger partial charge is 0.212 e. The fourth-order valence-corrected chi connectivity index (χ4v) is 4.36. The van der Waals surface area contributed by atoms with Gasteiger partial charge in [-0.1, -0.05) is 23.2 Å². The van der Waals surface area contributed by atoms with Crippen LogP contribution in [-0.2, 0) is 14.3 Å². The lowest BCUT2D eigenvalue weighted by molar-refractivity contribution is -0.105. The summed E-state index contributed by atoms with van der Waals surface area (Å²) in [4.78, 5) is 14.8. The zero-order valence-electron chi connectivity index (χ0n) is 19.1. The lowest BCUT2D eigenvalue weighted by Gasteiger charge is -2.35. The van der Waals surface area contributed by atoms with E-state index in [1.807, 2.05) is 18.2 Å². The second kappa shape index (κ2) is 12.5. The van der Waals surface area contributed by atoms with Gasteiger partial charge in [-0.25, -0.2) is 4.98 Å². The van der Waals surface area contributed by atoms with E-state index in [1.54, 1.807) is 6.07 Å². The molecule has 0 bridgehead atoms. The molecule has 3 N–H and O–H groups in total. The van der Waals surface area contributed by atoms with E-state index in [2.05, 4.69) is 34.8 Å². The predicted octanol–water partition coefficient (Wildman–Crippen LogP) is 4.85. The van der Waals surface area contributed by atoms with Crippen molar-refractivity contribution in [3.05, 3.63) is 40.5 Å². The van der Waals surface area contributed by atoms with Crippen molar-refractivity contribution in [2.45, 2.75) is 32.3 Å². The number of halogens is 2. The van der Waals surface area contributed by atoms with E-state index in [0.717, 1.165) is 69.1 Å². The zero-order chi connectivity index (χ0) is 23.7. The number of nitrogens with zero attached hydrogens (tertiary/aromatic N) is 1. The van der Waals surface area contributed by atoms with Crippen molar-refractivity contribution < 1.29 is 14.3 Å². The van der Waals surface area contributed by atoms with Crippen LogP contribution in [0.3, 0.4) is 0 Å². The number of hydrogen-bond acceptors (Lipinski definition) is 6. The average Bonchev–Trinajstić information content (AvgIpc) is 2.81. The van der Waals surface area contributed by atoms with Crippen molar-refractivity contribution in [3.8, 4) is 11.1 Å². The Balaban J connectivity index is 0.000000442. The number of rotatable bonds is 6. The molecule has 33 heavy (non-hydrogen) atoms. The number of morpholine rings is 1. The Morgan fingerprint density at radius 1 is 1.15 bits per heavy atom. The minimum Gasteiger partial charge on any atom is -0.385 e. The van der Waals surface area contributed by atoms with Gasteiger partial charge >= 0.3 is 0 Å². The van der Waals surface area contributed by atoms with Crippen molar-refractivity contribution in [2.24, 2.45) is 5.92 Å². The molecule has 2 aliphatic rings. The molecule has 2 saturated heterocycles. The normalized spacial score (nSPS) is 19.7. The molecule has 180 valence electrons. The fraction of sp³-hybridized carbons (Fsp3) is 0.500. The lowest BCUT2D eigenvalue weighted by Crippen LogP contribution is -2.36. The maximum Gasteiger partial charge on any atom is 0.212 e. The van der Waals surface area contributed by atoms with Crippen LogP contribution in [0.4, 0.5) is 11.5 Å². The minimum atomic E-state index is -0.0672. The molecule has 0 spiro atoms. The molecule has 2 aromatic rings. The first-order valence-corrected chi connectivity index (χ1v) is 12.0. The first kappa shape index (κ1) is 25.7. The van der Waals surface area contributed by atoms with Gasteiger partial charge in [0.15, 0.2) is 0 Å². The molecule has 1 atom stereocenters. The summed E-state index contributed by atoms with van der Waals surface area (Å²) in [5.74, 6) is 0.976.